The Kier molecular flexibility index (Phi) is 5.07. The lowest BCUT2D eigenvalue weighted by Crippen LogP contribution is -2.04. The van der Waals surface area contributed by atoms with Crippen molar-refractivity contribution < 1.29 is 9.47 Å². The van der Waals surface area contributed by atoms with Crippen molar-refractivity contribution in [3.8, 4) is 11.5 Å². The quantitative estimate of drug-likeness (QED) is 0.299. The van der Waals surface area contributed by atoms with Crippen LogP contribution in [0.1, 0.15) is 11.1 Å². The first-order valence-electron chi connectivity index (χ1n) is 11.3. The van der Waals surface area contributed by atoms with E-state index in [2.05, 4.69) is 28.8 Å². The van der Waals surface area contributed by atoms with E-state index in [9.17, 15) is 0 Å². The molecule has 0 saturated heterocycles. The van der Waals surface area contributed by atoms with Crippen molar-refractivity contribution in [2.24, 2.45) is 0 Å². The van der Waals surface area contributed by atoms with Gasteiger partial charge in [0.25, 0.3) is 0 Å². The van der Waals surface area contributed by atoms with Crippen LogP contribution in [0.4, 0.5) is 0 Å². The molecule has 0 aliphatic heterocycles. The number of hydrogen-bond acceptors (Lipinski definition) is 4. The fourth-order valence-corrected chi connectivity index (χ4v) is 4.38. The molecule has 6 aromatic rings. The number of aromatic nitrogens is 3. The van der Waals surface area contributed by atoms with Crippen molar-refractivity contribution in [3.05, 3.63) is 108 Å². The molecule has 0 fully saturated rings. The Balaban J connectivity index is 1.48. The van der Waals surface area contributed by atoms with Gasteiger partial charge in [0.15, 0.2) is 5.65 Å². The zero-order valence-electron chi connectivity index (χ0n) is 18.8. The maximum atomic E-state index is 6.23. The zero-order chi connectivity index (χ0) is 22.9. The number of methoxy groups -OCH3 is 1. The van der Waals surface area contributed by atoms with E-state index in [4.69, 9.17) is 19.4 Å². The molecule has 0 amide bonds. The Bertz CT molecular complexity index is 1620. The predicted octanol–water partition coefficient (Wildman–Crippen LogP) is 6.37. The largest absolute Gasteiger partial charge is 0.497 e. The second-order valence-electron chi connectivity index (χ2n) is 8.24. The van der Waals surface area contributed by atoms with E-state index < -0.39 is 0 Å². The maximum absolute atomic E-state index is 6.23. The Morgan fingerprint density at radius 2 is 1.50 bits per heavy atom. The predicted molar refractivity (Wildman–Crippen MR) is 135 cm³/mol. The van der Waals surface area contributed by atoms with Gasteiger partial charge >= 0.3 is 0 Å². The molecule has 4 aromatic carbocycles. The average Bonchev–Trinajstić information content (AvgIpc) is 3.19. The van der Waals surface area contributed by atoms with Gasteiger partial charge in [-0.25, -0.2) is 9.97 Å². The van der Waals surface area contributed by atoms with Gasteiger partial charge in [-0.3, -0.25) is 0 Å². The Morgan fingerprint density at radius 3 is 2.32 bits per heavy atom. The van der Waals surface area contributed by atoms with Crippen molar-refractivity contribution in [1.29, 1.82) is 0 Å². The van der Waals surface area contributed by atoms with E-state index in [-0.39, 0.29) is 0 Å². The summed E-state index contributed by atoms with van der Waals surface area (Å²) in [4.78, 5) is 9.98. The molecule has 0 atom stereocenters. The summed E-state index contributed by atoms with van der Waals surface area (Å²) in [5.74, 6) is 1.66. The van der Waals surface area contributed by atoms with Gasteiger partial charge in [-0.2, -0.15) is 0 Å². The molecule has 0 saturated carbocycles. The van der Waals surface area contributed by atoms with Crippen molar-refractivity contribution in [1.82, 2.24) is 14.5 Å². The Morgan fingerprint density at radius 1 is 0.765 bits per heavy atom. The second kappa shape index (κ2) is 8.52. The molecule has 5 nitrogen and oxygen atoms in total. The second-order valence-corrected chi connectivity index (χ2v) is 8.24. The monoisotopic (exact) mass is 445 g/mol. The standard InChI is InChI=1S/C29H23N3O2/c1-33-22-15-16-26-23(17-22)28-29(31-25-13-7-6-12-24(25)30-28)32(26)18-21-11-5-8-14-27(21)34-19-20-9-3-2-4-10-20/h2-17H,18-19H2,1H3. The van der Waals surface area contributed by atoms with Crippen LogP contribution in [0.3, 0.4) is 0 Å². The highest BCUT2D eigenvalue weighted by molar-refractivity contribution is 6.07. The van der Waals surface area contributed by atoms with Gasteiger partial charge in [0, 0.05) is 10.9 Å². The summed E-state index contributed by atoms with van der Waals surface area (Å²) in [6.45, 7) is 1.14. The van der Waals surface area contributed by atoms with Crippen molar-refractivity contribution >= 4 is 33.1 Å². The summed E-state index contributed by atoms with van der Waals surface area (Å²) in [5.41, 5.74) is 6.75. The van der Waals surface area contributed by atoms with E-state index in [1.165, 1.54) is 0 Å². The van der Waals surface area contributed by atoms with E-state index in [1.807, 2.05) is 72.8 Å². The third-order valence-electron chi connectivity index (χ3n) is 6.10. The Hall–Kier alpha value is -4.38. The highest BCUT2D eigenvalue weighted by atomic mass is 16.5. The molecular weight excluding hydrogens is 422 g/mol. The van der Waals surface area contributed by atoms with Gasteiger partial charge < -0.3 is 14.0 Å². The van der Waals surface area contributed by atoms with Crippen LogP contribution in [-0.2, 0) is 13.2 Å². The smallest absolute Gasteiger partial charge is 0.160 e. The fourth-order valence-electron chi connectivity index (χ4n) is 4.38. The number of fused-ring (bicyclic) bond motifs is 4. The van der Waals surface area contributed by atoms with Crippen molar-refractivity contribution in [3.63, 3.8) is 0 Å². The van der Waals surface area contributed by atoms with Crippen LogP contribution in [0.15, 0.2) is 97.1 Å². The molecule has 6 rings (SSSR count). The molecule has 0 aliphatic carbocycles. The van der Waals surface area contributed by atoms with E-state index >= 15 is 0 Å². The van der Waals surface area contributed by atoms with Crippen LogP contribution in [0.2, 0.25) is 0 Å². The van der Waals surface area contributed by atoms with Crippen LogP contribution in [0, 0.1) is 0 Å². The molecule has 5 heteroatoms. The lowest BCUT2D eigenvalue weighted by atomic mass is 10.2. The van der Waals surface area contributed by atoms with Crippen LogP contribution in [-0.4, -0.2) is 21.6 Å². The van der Waals surface area contributed by atoms with Gasteiger partial charge in [-0.05, 0) is 42.0 Å². The van der Waals surface area contributed by atoms with E-state index in [0.717, 1.165) is 55.7 Å². The first-order chi connectivity index (χ1) is 16.8. The summed E-state index contributed by atoms with van der Waals surface area (Å²) in [6, 6.07) is 32.5. The highest BCUT2D eigenvalue weighted by Crippen LogP contribution is 2.33. The fraction of sp³-hybridized carbons (Fsp3) is 0.103. The molecular formula is C29H23N3O2. The molecule has 0 spiro atoms. The highest BCUT2D eigenvalue weighted by Gasteiger charge is 2.17. The molecule has 34 heavy (non-hydrogen) atoms. The number of nitrogens with zero attached hydrogens (tertiary/aromatic N) is 3. The SMILES string of the molecule is COc1ccc2c(c1)c1nc3ccccc3nc1n2Cc1ccccc1OCc1ccccc1. The number of benzene rings is 4. The third-order valence-corrected chi connectivity index (χ3v) is 6.10. The first kappa shape index (κ1) is 20.2. The maximum Gasteiger partial charge on any atom is 0.160 e. The van der Waals surface area contributed by atoms with Crippen molar-refractivity contribution in [2.45, 2.75) is 13.2 Å². The van der Waals surface area contributed by atoms with Gasteiger partial charge in [-0.1, -0.05) is 60.7 Å². The Labute approximate surface area is 197 Å². The molecule has 0 N–H and O–H groups in total. The summed E-state index contributed by atoms with van der Waals surface area (Å²) < 4.78 is 14.0. The number of para-hydroxylation sites is 3. The third kappa shape index (κ3) is 3.61. The molecule has 166 valence electrons. The summed E-state index contributed by atoms with van der Waals surface area (Å²) in [7, 11) is 1.68. The molecule has 2 heterocycles. The number of ether oxygens (including phenoxy) is 2. The van der Waals surface area contributed by atoms with Gasteiger partial charge in [0.1, 0.15) is 23.6 Å². The topological polar surface area (TPSA) is 49.2 Å². The first-order valence-corrected chi connectivity index (χ1v) is 11.3. The minimum absolute atomic E-state index is 0.521. The summed E-state index contributed by atoms with van der Waals surface area (Å²) in [6.07, 6.45) is 0. The lowest BCUT2D eigenvalue weighted by molar-refractivity contribution is 0.302. The number of rotatable bonds is 6. The van der Waals surface area contributed by atoms with E-state index in [0.29, 0.717) is 13.2 Å². The van der Waals surface area contributed by atoms with Crippen LogP contribution in [0.25, 0.3) is 33.1 Å². The lowest BCUT2D eigenvalue weighted by Gasteiger charge is -2.13. The van der Waals surface area contributed by atoms with Crippen molar-refractivity contribution in [2.75, 3.05) is 7.11 Å². The normalized spacial score (nSPS) is 11.3. The summed E-state index contributed by atoms with van der Waals surface area (Å²) in [5, 5.41) is 1.02. The molecule has 0 unspecified atom stereocenters. The molecule has 0 bridgehead atoms. The van der Waals surface area contributed by atoms with E-state index in [1.54, 1.807) is 7.11 Å². The average molecular weight is 446 g/mol. The van der Waals surface area contributed by atoms with Crippen LogP contribution < -0.4 is 9.47 Å². The minimum Gasteiger partial charge on any atom is -0.497 e. The number of hydrogen-bond donors (Lipinski definition) is 0. The minimum atomic E-state index is 0.521. The molecule has 0 radical (unpaired) electrons. The molecule has 0 aliphatic rings. The van der Waals surface area contributed by atoms with Gasteiger partial charge in [0.2, 0.25) is 0 Å². The van der Waals surface area contributed by atoms with Crippen LogP contribution in [0.5, 0.6) is 11.5 Å². The summed E-state index contributed by atoms with van der Waals surface area (Å²) >= 11 is 0. The van der Waals surface area contributed by atoms with Gasteiger partial charge in [0.05, 0.1) is 30.2 Å². The van der Waals surface area contributed by atoms with Gasteiger partial charge in [-0.15, -0.1) is 0 Å². The van der Waals surface area contributed by atoms with Crippen LogP contribution >= 0.6 is 0 Å². The zero-order valence-corrected chi connectivity index (χ0v) is 18.8. The molecule has 2 aromatic heterocycles.